The van der Waals surface area contributed by atoms with E-state index in [0.717, 1.165) is 24.9 Å². The van der Waals surface area contributed by atoms with Crippen LogP contribution in [0.2, 0.25) is 0 Å². The summed E-state index contributed by atoms with van der Waals surface area (Å²) in [5.41, 5.74) is 5.56. The molecule has 0 aliphatic heterocycles. The van der Waals surface area contributed by atoms with Crippen molar-refractivity contribution in [2.75, 3.05) is 19.0 Å². The van der Waals surface area contributed by atoms with E-state index >= 15 is 0 Å². The van der Waals surface area contributed by atoms with E-state index in [-0.39, 0.29) is 18.4 Å². The van der Waals surface area contributed by atoms with E-state index in [9.17, 15) is 9.59 Å². The Bertz CT molecular complexity index is 492. The molecule has 1 rings (SSSR count). The van der Waals surface area contributed by atoms with Crippen molar-refractivity contribution in [3.8, 4) is 5.75 Å². The molecule has 0 aliphatic carbocycles. The van der Waals surface area contributed by atoms with Gasteiger partial charge in [-0.15, -0.1) is 0 Å². The lowest BCUT2D eigenvalue weighted by molar-refractivity contribution is -0.128. The largest absolute Gasteiger partial charge is 0.495 e. The van der Waals surface area contributed by atoms with Crippen LogP contribution in [0.5, 0.6) is 5.75 Å². The highest BCUT2D eigenvalue weighted by Crippen LogP contribution is 2.22. The second-order valence-corrected chi connectivity index (χ2v) is 5.31. The van der Waals surface area contributed by atoms with E-state index in [1.54, 1.807) is 13.2 Å². The number of hydrogen-bond acceptors (Lipinski definition) is 4. The van der Waals surface area contributed by atoms with Crippen molar-refractivity contribution in [2.45, 2.75) is 45.4 Å². The summed E-state index contributed by atoms with van der Waals surface area (Å²) in [4.78, 5) is 23.3. The number of hydrogen-bond donors (Lipinski definition) is 3. The number of para-hydroxylation sites is 2. The molecule has 2 amide bonds. The van der Waals surface area contributed by atoms with Gasteiger partial charge in [-0.3, -0.25) is 20.4 Å². The molecule has 1 aromatic carbocycles. The Labute approximate surface area is 138 Å². The first-order valence-electron chi connectivity index (χ1n) is 8.12. The third kappa shape index (κ3) is 8.09. The zero-order chi connectivity index (χ0) is 16.9. The Morgan fingerprint density at radius 1 is 1.00 bits per heavy atom. The molecule has 0 radical (unpaired) electrons. The number of nitrogens with one attached hydrogen (secondary N) is 3. The summed E-state index contributed by atoms with van der Waals surface area (Å²) < 4.78 is 5.18. The monoisotopic (exact) mass is 321 g/mol. The van der Waals surface area contributed by atoms with Crippen LogP contribution in [0.15, 0.2) is 24.3 Å². The van der Waals surface area contributed by atoms with E-state index in [1.165, 1.54) is 12.8 Å². The third-order valence-electron chi connectivity index (χ3n) is 3.40. The van der Waals surface area contributed by atoms with Crippen molar-refractivity contribution >= 4 is 17.5 Å². The summed E-state index contributed by atoms with van der Waals surface area (Å²) in [5, 5.41) is 2.97. The number of carbonyl (C=O) groups excluding carboxylic acids is 2. The molecule has 6 heteroatoms. The fourth-order valence-corrected chi connectivity index (χ4v) is 2.10. The molecule has 3 N–H and O–H groups in total. The van der Waals surface area contributed by atoms with Crippen LogP contribution >= 0.6 is 0 Å². The average Bonchev–Trinajstić information content (AvgIpc) is 2.58. The van der Waals surface area contributed by atoms with Gasteiger partial charge in [0.25, 0.3) is 5.91 Å². The molecule has 0 atom stereocenters. The van der Waals surface area contributed by atoms with Gasteiger partial charge < -0.3 is 10.1 Å². The maximum atomic E-state index is 11.7. The summed E-state index contributed by atoms with van der Waals surface area (Å²) in [6, 6.07) is 7.33. The van der Waals surface area contributed by atoms with Gasteiger partial charge in [0.1, 0.15) is 5.75 Å². The van der Waals surface area contributed by atoms with Crippen LogP contribution in [-0.2, 0) is 9.59 Å². The van der Waals surface area contributed by atoms with Gasteiger partial charge in [0.05, 0.1) is 19.3 Å². The highest BCUT2D eigenvalue weighted by molar-refractivity contribution is 5.84. The fraction of sp³-hybridized carbons (Fsp3) is 0.529. The van der Waals surface area contributed by atoms with Crippen LogP contribution in [0.1, 0.15) is 45.4 Å². The molecule has 1 aromatic rings. The van der Waals surface area contributed by atoms with Crippen molar-refractivity contribution in [3.63, 3.8) is 0 Å². The summed E-state index contributed by atoms with van der Waals surface area (Å²) in [6.45, 7) is 2.21. The molecule has 0 unspecified atom stereocenters. The second-order valence-electron chi connectivity index (χ2n) is 5.31. The number of anilines is 1. The summed E-state index contributed by atoms with van der Waals surface area (Å²) in [6.07, 6.45) is 5.86. The zero-order valence-electron chi connectivity index (χ0n) is 14.0. The number of rotatable bonds is 10. The quantitative estimate of drug-likeness (QED) is 0.457. The second kappa shape index (κ2) is 11.3. The van der Waals surface area contributed by atoms with E-state index in [1.807, 2.05) is 18.2 Å². The SMILES string of the molecule is CCCCCCCC(=O)NNC(=O)CNc1ccccc1OC. The van der Waals surface area contributed by atoms with Gasteiger partial charge in [-0.2, -0.15) is 0 Å². The molecule has 0 saturated heterocycles. The molecule has 0 aromatic heterocycles. The highest BCUT2D eigenvalue weighted by atomic mass is 16.5. The Hall–Kier alpha value is -2.24. The molecule has 6 nitrogen and oxygen atoms in total. The number of ether oxygens (including phenoxy) is 1. The number of hydrazine groups is 1. The molecule has 0 spiro atoms. The van der Waals surface area contributed by atoms with Crippen molar-refractivity contribution in [1.82, 2.24) is 10.9 Å². The minimum atomic E-state index is -0.310. The number of unbranched alkanes of at least 4 members (excludes halogenated alkanes) is 4. The lowest BCUT2D eigenvalue weighted by Gasteiger charge is -2.11. The molecule has 128 valence electrons. The van der Waals surface area contributed by atoms with Crippen molar-refractivity contribution in [1.29, 1.82) is 0 Å². The number of methoxy groups -OCH3 is 1. The number of benzene rings is 1. The number of amides is 2. The molecule has 0 bridgehead atoms. The predicted molar refractivity (Wildman–Crippen MR) is 91.1 cm³/mol. The van der Waals surface area contributed by atoms with Crippen LogP contribution < -0.4 is 20.9 Å². The first-order valence-corrected chi connectivity index (χ1v) is 8.12. The van der Waals surface area contributed by atoms with Crippen molar-refractivity contribution in [2.24, 2.45) is 0 Å². The lowest BCUT2D eigenvalue weighted by atomic mass is 10.1. The molecule has 23 heavy (non-hydrogen) atoms. The Morgan fingerprint density at radius 2 is 1.70 bits per heavy atom. The van der Waals surface area contributed by atoms with Gasteiger partial charge in [0.2, 0.25) is 5.91 Å². The first kappa shape index (κ1) is 18.8. The Balaban J connectivity index is 2.17. The first-order chi connectivity index (χ1) is 11.2. The highest BCUT2D eigenvalue weighted by Gasteiger charge is 2.06. The Morgan fingerprint density at radius 3 is 2.43 bits per heavy atom. The summed E-state index contributed by atoms with van der Waals surface area (Å²) >= 11 is 0. The van der Waals surface area contributed by atoms with Crippen LogP contribution in [-0.4, -0.2) is 25.5 Å². The summed E-state index contributed by atoms with van der Waals surface area (Å²) in [5.74, 6) is 0.193. The van der Waals surface area contributed by atoms with Gasteiger partial charge >= 0.3 is 0 Å². The van der Waals surface area contributed by atoms with Gasteiger partial charge in [-0.1, -0.05) is 44.7 Å². The van der Waals surface area contributed by atoms with Gasteiger partial charge in [-0.25, -0.2) is 0 Å². The van der Waals surface area contributed by atoms with E-state index < -0.39 is 0 Å². The molecule has 0 saturated carbocycles. The standard InChI is InChI=1S/C17H27N3O3/c1-3-4-5-6-7-12-16(21)19-20-17(22)13-18-14-10-8-9-11-15(14)23-2/h8-11,18H,3-7,12-13H2,1-2H3,(H,19,21)(H,20,22). The minimum absolute atomic E-state index is 0.0527. The zero-order valence-corrected chi connectivity index (χ0v) is 14.0. The minimum Gasteiger partial charge on any atom is -0.495 e. The topological polar surface area (TPSA) is 79.5 Å². The Kier molecular flexibility index (Phi) is 9.28. The molecular formula is C17H27N3O3. The van der Waals surface area contributed by atoms with Crippen molar-refractivity contribution in [3.05, 3.63) is 24.3 Å². The predicted octanol–water partition coefficient (Wildman–Crippen LogP) is 2.62. The van der Waals surface area contributed by atoms with Gasteiger partial charge in [0, 0.05) is 6.42 Å². The molecule has 0 fully saturated rings. The van der Waals surface area contributed by atoms with Crippen LogP contribution in [0, 0.1) is 0 Å². The normalized spacial score (nSPS) is 10.0. The lowest BCUT2D eigenvalue weighted by Crippen LogP contribution is -2.44. The fourth-order valence-electron chi connectivity index (χ4n) is 2.10. The van der Waals surface area contributed by atoms with Gasteiger partial charge in [0.15, 0.2) is 0 Å². The van der Waals surface area contributed by atoms with Crippen LogP contribution in [0.4, 0.5) is 5.69 Å². The van der Waals surface area contributed by atoms with E-state index in [4.69, 9.17) is 4.74 Å². The maximum Gasteiger partial charge on any atom is 0.257 e. The van der Waals surface area contributed by atoms with Crippen LogP contribution in [0.3, 0.4) is 0 Å². The molecule has 0 heterocycles. The van der Waals surface area contributed by atoms with Gasteiger partial charge in [-0.05, 0) is 18.6 Å². The van der Waals surface area contributed by atoms with E-state index in [0.29, 0.717) is 12.2 Å². The smallest absolute Gasteiger partial charge is 0.257 e. The average molecular weight is 321 g/mol. The third-order valence-corrected chi connectivity index (χ3v) is 3.40. The van der Waals surface area contributed by atoms with Crippen molar-refractivity contribution < 1.29 is 14.3 Å². The molecular weight excluding hydrogens is 294 g/mol. The molecule has 0 aliphatic rings. The van der Waals surface area contributed by atoms with Crippen LogP contribution in [0.25, 0.3) is 0 Å². The maximum absolute atomic E-state index is 11.7. The number of carbonyl (C=O) groups is 2. The summed E-state index contributed by atoms with van der Waals surface area (Å²) in [7, 11) is 1.57. The van der Waals surface area contributed by atoms with E-state index in [2.05, 4.69) is 23.1 Å².